The number of nitrogens with zero attached hydrogens (tertiary/aromatic N) is 2. The fourth-order valence-electron chi connectivity index (χ4n) is 2.82. The van der Waals surface area contributed by atoms with Crippen molar-refractivity contribution >= 4 is 23.2 Å². The van der Waals surface area contributed by atoms with E-state index in [9.17, 15) is 9.90 Å². The number of carbonyl (C=O) groups excluding carboxylic acids is 1. The lowest BCUT2D eigenvalue weighted by Crippen LogP contribution is -2.15. The number of primary amides is 1. The van der Waals surface area contributed by atoms with Crippen LogP contribution in [0.25, 0.3) is 11.3 Å². The second kappa shape index (κ2) is 7.77. The number of aromatic nitrogens is 3. The molecule has 0 fully saturated rings. The summed E-state index contributed by atoms with van der Waals surface area (Å²) in [6.07, 6.45) is 3.00. The molecule has 0 atom stereocenters. The third kappa shape index (κ3) is 4.03. The predicted octanol–water partition coefficient (Wildman–Crippen LogP) is 3.22. The van der Waals surface area contributed by atoms with Gasteiger partial charge in [0.15, 0.2) is 18.0 Å². The van der Waals surface area contributed by atoms with E-state index in [0.29, 0.717) is 23.9 Å². The zero-order valence-corrected chi connectivity index (χ0v) is 15.2. The molecule has 0 aliphatic rings. The number of nitrogens with one attached hydrogen (secondary N) is 3. The van der Waals surface area contributed by atoms with Crippen molar-refractivity contribution in [2.24, 2.45) is 5.73 Å². The molecule has 0 saturated heterocycles. The molecule has 0 aliphatic carbocycles. The number of phenolic OH excluding ortho intramolecular Hbond substituents is 1. The van der Waals surface area contributed by atoms with Gasteiger partial charge in [-0.2, -0.15) is 5.10 Å². The summed E-state index contributed by atoms with van der Waals surface area (Å²) in [4.78, 5) is 15.9. The molecule has 0 unspecified atom stereocenters. The summed E-state index contributed by atoms with van der Waals surface area (Å²) < 4.78 is 5.27. The van der Waals surface area contributed by atoms with Gasteiger partial charge < -0.3 is 25.9 Å². The summed E-state index contributed by atoms with van der Waals surface area (Å²) in [6, 6.07) is 14.1. The maximum absolute atomic E-state index is 12.0. The minimum Gasteiger partial charge on any atom is -0.508 e. The molecule has 6 N–H and O–H groups in total. The van der Waals surface area contributed by atoms with Crippen LogP contribution < -0.4 is 16.4 Å². The number of anilines is 3. The number of hydrogen-bond acceptors (Lipinski definition) is 7. The monoisotopic (exact) mass is 390 g/mol. The highest BCUT2D eigenvalue weighted by atomic mass is 16.3. The molecule has 0 saturated carbocycles. The number of benzene rings is 2. The van der Waals surface area contributed by atoms with Crippen molar-refractivity contribution < 1.29 is 14.3 Å². The SMILES string of the molecule is NC(=O)c1c(Nc2ccc(-c3cnco3)cc2)n[nH]c1NCc1ccc(O)cc1. The third-order valence-corrected chi connectivity index (χ3v) is 4.28. The first kappa shape index (κ1) is 18.1. The van der Waals surface area contributed by atoms with E-state index in [4.69, 9.17) is 10.2 Å². The molecule has 0 spiro atoms. The average molecular weight is 390 g/mol. The molecule has 2 heterocycles. The van der Waals surface area contributed by atoms with Crippen molar-refractivity contribution in [1.82, 2.24) is 15.2 Å². The number of carbonyl (C=O) groups is 1. The summed E-state index contributed by atoms with van der Waals surface area (Å²) in [5, 5.41) is 22.5. The summed E-state index contributed by atoms with van der Waals surface area (Å²) in [5.74, 6) is 0.959. The normalized spacial score (nSPS) is 10.6. The number of hydrogen-bond donors (Lipinski definition) is 5. The molecule has 9 heteroatoms. The molecule has 0 radical (unpaired) electrons. The molecule has 2 aromatic carbocycles. The van der Waals surface area contributed by atoms with Crippen LogP contribution >= 0.6 is 0 Å². The number of H-pyrrole nitrogens is 1. The Morgan fingerprint density at radius 3 is 2.55 bits per heavy atom. The molecule has 4 rings (SSSR count). The number of oxazole rings is 1. The zero-order chi connectivity index (χ0) is 20.2. The van der Waals surface area contributed by atoms with Crippen molar-refractivity contribution in [3.8, 4) is 17.1 Å². The van der Waals surface area contributed by atoms with Crippen molar-refractivity contribution in [1.29, 1.82) is 0 Å². The lowest BCUT2D eigenvalue weighted by Gasteiger charge is -2.08. The maximum atomic E-state index is 12.0. The Bertz CT molecular complexity index is 1100. The van der Waals surface area contributed by atoms with E-state index in [1.54, 1.807) is 30.5 Å². The van der Waals surface area contributed by atoms with Crippen LogP contribution in [0, 0.1) is 0 Å². The fourth-order valence-corrected chi connectivity index (χ4v) is 2.82. The van der Waals surface area contributed by atoms with E-state index in [2.05, 4.69) is 25.8 Å². The molecule has 0 aliphatic heterocycles. The summed E-state index contributed by atoms with van der Waals surface area (Å²) in [7, 11) is 0. The molecule has 2 aromatic heterocycles. The lowest BCUT2D eigenvalue weighted by molar-refractivity contribution is 0.100. The van der Waals surface area contributed by atoms with Gasteiger partial charge in [-0.25, -0.2) is 4.98 Å². The zero-order valence-electron chi connectivity index (χ0n) is 15.2. The van der Waals surface area contributed by atoms with Gasteiger partial charge in [-0.3, -0.25) is 9.89 Å². The Morgan fingerprint density at radius 1 is 1.14 bits per heavy atom. The van der Waals surface area contributed by atoms with Crippen LogP contribution in [-0.2, 0) is 6.54 Å². The first-order valence-corrected chi connectivity index (χ1v) is 8.76. The number of phenols is 1. The van der Waals surface area contributed by atoms with Crippen molar-refractivity contribution in [2.45, 2.75) is 6.54 Å². The molecule has 146 valence electrons. The smallest absolute Gasteiger partial charge is 0.256 e. The van der Waals surface area contributed by atoms with E-state index in [0.717, 1.165) is 16.8 Å². The van der Waals surface area contributed by atoms with Crippen molar-refractivity contribution in [2.75, 3.05) is 10.6 Å². The van der Waals surface area contributed by atoms with Gasteiger partial charge in [0.1, 0.15) is 17.1 Å². The minimum atomic E-state index is -0.618. The number of nitrogens with two attached hydrogens (primary N) is 1. The van der Waals surface area contributed by atoms with E-state index >= 15 is 0 Å². The van der Waals surface area contributed by atoms with E-state index in [1.807, 2.05) is 24.3 Å². The number of aromatic amines is 1. The number of amides is 1. The van der Waals surface area contributed by atoms with Gasteiger partial charge in [-0.1, -0.05) is 12.1 Å². The van der Waals surface area contributed by atoms with Crippen LogP contribution in [0.3, 0.4) is 0 Å². The topological polar surface area (TPSA) is 142 Å². The van der Waals surface area contributed by atoms with Gasteiger partial charge in [-0.05, 0) is 42.0 Å². The summed E-state index contributed by atoms with van der Waals surface area (Å²) >= 11 is 0. The number of rotatable bonds is 7. The third-order valence-electron chi connectivity index (χ3n) is 4.28. The number of aromatic hydroxyl groups is 1. The Kier molecular flexibility index (Phi) is 4.85. The molecule has 1 amide bonds. The predicted molar refractivity (Wildman–Crippen MR) is 108 cm³/mol. The Hall–Kier alpha value is -4.27. The average Bonchev–Trinajstić information content (AvgIpc) is 3.38. The first-order chi connectivity index (χ1) is 14.1. The van der Waals surface area contributed by atoms with Crippen LogP contribution in [0.15, 0.2) is 65.5 Å². The van der Waals surface area contributed by atoms with Crippen LogP contribution in [0.2, 0.25) is 0 Å². The van der Waals surface area contributed by atoms with E-state index < -0.39 is 5.91 Å². The molecule has 9 nitrogen and oxygen atoms in total. The molecular formula is C20H18N6O3. The lowest BCUT2D eigenvalue weighted by atomic mass is 10.1. The Morgan fingerprint density at radius 2 is 1.90 bits per heavy atom. The quantitative estimate of drug-likeness (QED) is 0.326. The van der Waals surface area contributed by atoms with E-state index in [-0.39, 0.29) is 11.3 Å². The molecular weight excluding hydrogens is 372 g/mol. The highest BCUT2D eigenvalue weighted by Gasteiger charge is 2.18. The second-order valence-electron chi connectivity index (χ2n) is 6.27. The fraction of sp³-hybridized carbons (Fsp3) is 0.0500. The van der Waals surface area contributed by atoms with Gasteiger partial charge >= 0.3 is 0 Å². The van der Waals surface area contributed by atoms with Crippen LogP contribution in [0.5, 0.6) is 5.75 Å². The van der Waals surface area contributed by atoms with Gasteiger partial charge in [0.05, 0.1) is 6.20 Å². The largest absolute Gasteiger partial charge is 0.508 e. The van der Waals surface area contributed by atoms with Gasteiger partial charge in [0.2, 0.25) is 0 Å². The van der Waals surface area contributed by atoms with Crippen molar-refractivity contribution in [3.05, 3.63) is 72.2 Å². The first-order valence-electron chi connectivity index (χ1n) is 8.76. The molecule has 4 aromatic rings. The molecule has 29 heavy (non-hydrogen) atoms. The van der Waals surface area contributed by atoms with E-state index in [1.165, 1.54) is 6.39 Å². The summed E-state index contributed by atoms with van der Waals surface area (Å²) in [6.45, 7) is 0.425. The van der Waals surface area contributed by atoms with Crippen LogP contribution in [0.1, 0.15) is 15.9 Å². The van der Waals surface area contributed by atoms with Gasteiger partial charge in [0, 0.05) is 17.8 Å². The second-order valence-corrected chi connectivity index (χ2v) is 6.27. The van der Waals surface area contributed by atoms with Crippen molar-refractivity contribution in [3.63, 3.8) is 0 Å². The standard InChI is InChI=1S/C20H18N6O3/c21-18(28)17-19(23-9-12-1-7-15(27)8-2-12)25-26-20(17)24-14-5-3-13(4-6-14)16-10-22-11-29-16/h1-8,10-11,27H,9H2,(H2,21,28)(H3,23,24,25,26). The van der Waals surface area contributed by atoms with Gasteiger partial charge in [0.25, 0.3) is 5.91 Å². The highest BCUT2D eigenvalue weighted by molar-refractivity contribution is 6.03. The van der Waals surface area contributed by atoms with Gasteiger partial charge in [-0.15, -0.1) is 0 Å². The minimum absolute atomic E-state index is 0.189. The van der Waals surface area contributed by atoms with Crippen LogP contribution in [0.4, 0.5) is 17.3 Å². The Labute approximate surface area is 165 Å². The maximum Gasteiger partial charge on any atom is 0.256 e. The Balaban J connectivity index is 1.50. The van der Waals surface area contributed by atoms with Crippen LogP contribution in [-0.4, -0.2) is 26.2 Å². The molecule has 0 bridgehead atoms. The summed E-state index contributed by atoms with van der Waals surface area (Å²) in [5.41, 5.74) is 8.31. The highest BCUT2D eigenvalue weighted by Crippen LogP contribution is 2.27.